The fraction of sp³-hybridized carbons (Fsp3) is 0.368. The van der Waals surface area contributed by atoms with Crippen molar-refractivity contribution in [1.29, 1.82) is 0 Å². The van der Waals surface area contributed by atoms with Gasteiger partial charge >= 0.3 is 0 Å². The Hall–Kier alpha value is -4.20. The summed E-state index contributed by atoms with van der Waals surface area (Å²) in [4.78, 5) is 23.0. The second kappa shape index (κ2) is 15.2. The minimum atomic E-state index is -0.0242. The molecule has 1 saturated heterocycles. The standard InChI is InChI=1S/C38H48N6O/c1-27-14-16-32(28(2)19-27)23-34(39)24-43-25-36(21-29-9-4-3-5-10-29)44(26-35(43)13-8-18-42-38(40)41)37(45)22-30-15-17-31-11-6-7-12-33(31)20-30/h3-7,9-12,14-17,19-20,34-36H,8,13,18,21-26,39H2,1-2H3,(H4,40,41,42)/t34?,35-,36+/m0/s1. The Labute approximate surface area is 268 Å². The van der Waals surface area contributed by atoms with Crippen molar-refractivity contribution in [3.05, 3.63) is 119 Å². The molecule has 0 spiro atoms. The number of hydrogen-bond acceptors (Lipinski definition) is 4. The van der Waals surface area contributed by atoms with E-state index in [0.29, 0.717) is 19.5 Å². The average molecular weight is 605 g/mol. The lowest BCUT2D eigenvalue weighted by atomic mass is 9.94. The fourth-order valence-electron chi connectivity index (χ4n) is 6.76. The van der Waals surface area contributed by atoms with E-state index < -0.39 is 0 Å². The van der Waals surface area contributed by atoms with E-state index in [2.05, 4.69) is 101 Å². The van der Waals surface area contributed by atoms with Crippen molar-refractivity contribution >= 4 is 22.6 Å². The molecule has 4 aromatic rings. The number of aryl methyl sites for hydroxylation is 2. The Kier molecular flexibility index (Phi) is 10.9. The molecular formula is C38H48N6O. The molecule has 6 N–H and O–H groups in total. The third kappa shape index (κ3) is 8.93. The summed E-state index contributed by atoms with van der Waals surface area (Å²) < 4.78 is 0. The highest BCUT2D eigenvalue weighted by Crippen LogP contribution is 2.25. The van der Waals surface area contributed by atoms with Crippen LogP contribution in [0.3, 0.4) is 0 Å². The van der Waals surface area contributed by atoms with E-state index in [0.717, 1.165) is 49.7 Å². The summed E-state index contributed by atoms with van der Waals surface area (Å²) in [5, 5.41) is 2.34. The Morgan fingerprint density at radius 1 is 0.867 bits per heavy atom. The average Bonchev–Trinajstić information content (AvgIpc) is 3.02. The van der Waals surface area contributed by atoms with Gasteiger partial charge in [0.15, 0.2) is 5.96 Å². The maximum Gasteiger partial charge on any atom is 0.227 e. The Balaban J connectivity index is 1.37. The normalized spacial score (nSPS) is 17.7. The lowest BCUT2D eigenvalue weighted by molar-refractivity contribution is -0.137. The maximum atomic E-state index is 14.1. The molecule has 1 fully saturated rings. The monoisotopic (exact) mass is 604 g/mol. The van der Waals surface area contributed by atoms with E-state index in [-0.39, 0.29) is 30.0 Å². The number of carbonyl (C=O) groups is 1. The smallest absolute Gasteiger partial charge is 0.227 e. The van der Waals surface area contributed by atoms with E-state index in [1.807, 2.05) is 18.2 Å². The van der Waals surface area contributed by atoms with Gasteiger partial charge in [-0.25, -0.2) is 0 Å². The molecule has 0 aromatic heterocycles. The quantitative estimate of drug-likeness (QED) is 0.123. The molecule has 7 heteroatoms. The maximum absolute atomic E-state index is 14.1. The second-order valence-corrected chi connectivity index (χ2v) is 12.7. The van der Waals surface area contributed by atoms with Crippen molar-refractivity contribution in [1.82, 2.24) is 9.80 Å². The molecule has 1 unspecified atom stereocenters. The summed E-state index contributed by atoms with van der Waals surface area (Å²) in [5.41, 5.74) is 24.2. The predicted octanol–water partition coefficient (Wildman–Crippen LogP) is 4.75. The first-order chi connectivity index (χ1) is 21.7. The topological polar surface area (TPSA) is 114 Å². The number of amides is 1. The van der Waals surface area contributed by atoms with Crippen LogP contribution >= 0.6 is 0 Å². The lowest BCUT2D eigenvalue weighted by Crippen LogP contribution is -2.62. The molecule has 0 saturated carbocycles. The van der Waals surface area contributed by atoms with Gasteiger partial charge in [0.25, 0.3) is 0 Å². The number of benzene rings is 4. The number of nitrogens with two attached hydrogens (primary N) is 3. The molecule has 1 amide bonds. The first-order valence-corrected chi connectivity index (χ1v) is 16.2. The summed E-state index contributed by atoms with van der Waals surface area (Å²) in [6.07, 6.45) is 3.71. The minimum absolute atomic E-state index is 0.0242. The number of fused-ring (bicyclic) bond motifs is 1. The van der Waals surface area contributed by atoms with Gasteiger partial charge in [-0.2, -0.15) is 0 Å². The summed E-state index contributed by atoms with van der Waals surface area (Å²) in [5.74, 6) is 0.278. The van der Waals surface area contributed by atoms with Crippen LogP contribution in [0.5, 0.6) is 0 Å². The Morgan fingerprint density at radius 2 is 1.62 bits per heavy atom. The van der Waals surface area contributed by atoms with E-state index >= 15 is 0 Å². The van der Waals surface area contributed by atoms with Crippen molar-refractivity contribution in [2.75, 3.05) is 26.2 Å². The van der Waals surface area contributed by atoms with Crippen molar-refractivity contribution in [3.8, 4) is 0 Å². The predicted molar refractivity (Wildman–Crippen MR) is 186 cm³/mol. The van der Waals surface area contributed by atoms with Gasteiger partial charge in [0.1, 0.15) is 0 Å². The van der Waals surface area contributed by atoms with Gasteiger partial charge in [0.2, 0.25) is 5.91 Å². The molecule has 3 atom stereocenters. The van der Waals surface area contributed by atoms with Crippen LogP contribution in [0.25, 0.3) is 10.8 Å². The molecular weight excluding hydrogens is 556 g/mol. The fourth-order valence-corrected chi connectivity index (χ4v) is 6.76. The first-order valence-electron chi connectivity index (χ1n) is 16.2. The van der Waals surface area contributed by atoms with Gasteiger partial charge < -0.3 is 22.1 Å². The van der Waals surface area contributed by atoms with Crippen molar-refractivity contribution < 1.29 is 4.79 Å². The Bertz CT molecular complexity index is 1600. The lowest BCUT2D eigenvalue weighted by Gasteiger charge is -2.47. The van der Waals surface area contributed by atoms with Crippen molar-refractivity contribution in [2.24, 2.45) is 22.2 Å². The van der Waals surface area contributed by atoms with Gasteiger partial charge in [-0.1, -0.05) is 96.6 Å². The second-order valence-electron chi connectivity index (χ2n) is 12.7. The highest BCUT2D eigenvalue weighted by molar-refractivity contribution is 5.85. The van der Waals surface area contributed by atoms with Crippen molar-refractivity contribution in [2.45, 2.75) is 64.1 Å². The number of guanidine groups is 1. The van der Waals surface area contributed by atoms with Crippen LogP contribution in [0.2, 0.25) is 0 Å². The van der Waals surface area contributed by atoms with E-state index in [4.69, 9.17) is 17.2 Å². The van der Waals surface area contributed by atoms with Crippen LogP contribution < -0.4 is 17.2 Å². The molecule has 1 heterocycles. The van der Waals surface area contributed by atoms with Gasteiger partial charge in [0, 0.05) is 44.3 Å². The van der Waals surface area contributed by atoms with Gasteiger partial charge in [0.05, 0.1) is 6.42 Å². The molecule has 5 rings (SSSR count). The number of aliphatic imine (C=N–C) groups is 1. The van der Waals surface area contributed by atoms with E-state index in [9.17, 15) is 4.79 Å². The zero-order chi connectivity index (χ0) is 31.8. The van der Waals surface area contributed by atoms with Gasteiger partial charge in [-0.3, -0.25) is 14.7 Å². The third-order valence-electron chi connectivity index (χ3n) is 9.05. The van der Waals surface area contributed by atoms with Gasteiger partial charge in [-0.15, -0.1) is 0 Å². The summed E-state index contributed by atoms with van der Waals surface area (Å²) in [6, 6.07) is 31.9. The molecule has 7 nitrogen and oxygen atoms in total. The number of rotatable bonds is 12. The number of carbonyl (C=O) groups excluding carboxylic acids is 1. The highest BCUT2D eigenvalue weighted by Gasteiger charge is 2.36. The van der Waals surface area contributed by atoms with Crippen LogP contribution in [-0.2, 0) is 24.1 Å². The molecule has 0 radical (unpaired) electrons. The van der Waals surface area contributed by atoms with Crippen LogP contribution in [0.15, 0.2) is 96.0 Å². The largest absolute Gasteiger partial charge is 0.370 e. The first kappa shape index (κ1) is 32.2. The number of nitrogens with zero attached hydrogens (tertiary/aromatic N) is 3. The summed E-state index contributed by atoms with van der Waals surface area (Å²) >= 11 is 0. The summed E-state index contributed by atoms with van der Waals surface area (Å²) in [7, 11) is 0. The summed E-state index contributed by atoms with van der Waals surface area (Å²) in [6.45, 7) is 7.04. The van der Waals surface area contributed by atoms with E-state index in [1.54, 1.807) is 0 Å². The number of hydrogen-bond donors (Lipinski definition) is 3. The Morgan fingerprint density at radius 3 is 2.38 bits per heavy atom. The van der Waals surface area contributed by atoms with Crippen LogP contribution in [0, 0.1) is 13.8 Å². The molecule has 1 aliphatic rings. The third-order valence-corrected chi connectivity index (χ3v) is 9.05. The van der Waals surface area contributed by atoms with Crippen molar-refractivity contribution in [3.63, 3.8) is 0 Å². The molecule has 0 aliphatic carbocycles. The molecule has 4 aromatic carbocycles. The zero-order valence-electron chi connectivity index (χ0n) is 26.7. The van der Waals surface area contributed by atoms with E-state index in [1.165, 1.54) is 27.6 Å². The zero-order valence-corrected chi connectivity index (χ0v) is 26.7. The molecule has 236 valence electrons. The minimum Gasteiger partial charge on any atom is -0.370 e. The molecule has 0 bridgehead atoms. The molecule has 45 heavy (non-hydrogen) atoms. The van der Waals surface area contributed by atoms with Crippen LogP contribution in [0.1, 0.15) is 40.7 Å². The van der Waals surface area contributed by atoms with Gasteiger partial charge in [-0.05, 0) is 72.6 Å². The van der Waals surface area contributed by atoms with Crippen LogP contribution in [0.4, 0.5) is 0 Å². The van der Waals surface area contributed by atoms with Crippen LogP contribution in [-0.4, -0.2) is 66.0 Å². The highest BCUT2D eigenvalue weighted by atomic mass is 16.2. The SMILES string of the molecule is Cc1ccc(CC(N)CN2C[C@@H](Cc3ccccc3)N(C(=O)Cc3ccc4ccccc4c3)C[C@@H]2CCCN=C(N)N)c(C)c1. The number of piperazine rings is 1. The molecule has 1 aliphatic heterocycles.